The molecule has 1 saturated heterocycles. The minimum Gasteiger partial charge on any atom is -0.374 e. The Morgan fingerprint density at radius 2 is 2.24 bits per heavy atom. The van der Waals surface area contributed by atoms with Gasteiger partial charge < -0.3 is 10.6 Å². The molecule has 1 aromatic carbocycles. The molecule has 1 aliphatic rings. The van der Waals surface area contributed by atoms with Crippen LogP contribution in [-0.2, 0) is 4.79 Å². The van der Waals surface area contributed by atoms with Crippen LogP contribution in [0.3, 0.4) is 0 Å². The molecule has 5 heteroatoms. The van der Waals surface area contributed by atoms with Crippen LogP contribution in [-0.4, -0.2) is 18.5 Å². The number of nitrogens with one attached hydrogen (secondary N) is 2. The lowest BCUT2D eigenvalue weighted by atomic mass is 10.1. The Morgan fingerprint density at radius 1 is 1.41 bits per heavy atom. The lowest BCUT2D eigenvalue weighted by molar-refractivity contribution is -0.121. The molecule has 0 spiro atoms. The van der Waals surface area contributed by atoms with Gasteiger partial charge in [-0.3, -0.25) is 4.79 Å². The standard InChI is InChI=1S/C12H14ClFN2O/c13-9-7-8(4-5-10(9)14)16-11-3-1-2-6-15-12(11)17/h4-5,7,11,16H,1-3,6H2,(H,15,17). The van der Waals surface area contributed by atoms with Crippen molar-refractivity contribution in [2.75, 3.05) is 11.9 Å². The van der Waals surface area contributed by atoms with Crippen molar-refractivity contribution in [3.8, 4) is 0 Å². The average molecular weight is 257 g/mol. The number of anilines is 1. The number of carbonyl (C=O) groups is 1. The predicted molar refractivity (Wildman–Crippen MR) is 65.7 cm³/mol. The first kappa shape index (κ1) is 12.2. The Labute approximate surface area is 104 Å². The van der Waals surface area contributed by atoms with Crippen LogP contribution in [0.25, 0.3) is 0 Å². The number of carbonyl (C=O) groups excluding carboxylic acids is 1. The van der Waals surface area contributed by atoms with Gasteiger partial charge in [-0.2, -0.15) is 0 Å². The lowest BCUT2D eigenvalue weighted by Gasteiger charge is -2.16. The number of hydrogen-bond donors (Lipinski definition) is 2. The van der Waals surface area contributed by atoms with Crippen molar-refractivity contribution in [1.82, 2.24) is 5.32 Å². The van der Waals surface area contributed by atoms with Gasteiger partial charge >= 0.3 is 0 Å². The van der Waals surface area contributed by atoms with Crippen LogP contribution in [0.1, 0.15) is 19.3 Å². The first-order chi connectivity index (χ1) is 8.16. The van der Waals surface area contributed by atoms with Gasteiger partial charge in [0.05, 0.1) is 5.02 Å². The molecule has 0 saturated carbocycles. The number of hydrogen-bond acceptors (Lipinski definition) is 2. The number of amides is 1. The topological polar surface area (TPSA) is 41.1 Å². The number of halogens is 2. The van der Waals surface area contributed by atoms with Crippen LogP contribution < -0.4 is 10.6 Å². The summed E-state index contributed by atoms with van der Waals surface area (Å²) in [7, 11) is 0. The Morgan fingerprint density at radius 3 is 3.00 bits per heavy atom. The Balaban J connectivity index is 2.08. The molecule has 2 rings (SSSR count). The number of rotatable bonds is 2. The van der Waals surface area contributed by atoms with Crippen molar-refractivity contribution in [2.45, 2.75) is 25.3 Å². The van der Waals surface area contributed by atoms with E-state index in [9.17, 15) is 9.18 Å². The van der Waals surface area contributed by atoms with Crippen LogP contribution in [0.2, 0.25) is 5.02 Å². The molecule has 1 fully saturated rings. The monoisotopic (exact) mass is 256 g/mol. The van der Waals surface area contributed by atoms with Crippen molar-refractivity contribution in [1.29, 1.82) is 0 Å². The molecule has 17 heavy (non-hydrogen) atoms. The first-order valence-corrected chi connectivity index (χ1v) is 6.04. The molecule has 1 unspecified atom stereocenters. The fraction of sp³-hybridized carbons (Fsp3) is 0.417. The van der Waals surface area contributed by atoms with Crippen molar-refractivity contribution in [2.24, 2.45) is 0 Å². The Bertz CT molecular complexity index is 425. The summed E-state index contributed by atoms with van der Waals surface area (Å²) in [6.45, 7) is 0.723. The Kier molecular flexibility index (Phi) is 3.84. The second-order valence-electron chi connectivity index (χ2n) is 4.11. The molecule has 1 aliphatic heterocycles. The smallest absolute Gasteiger partial charge is 0.242 e. The summed E-state index contributed by atoms with van der Waals surface area (Å²) < 4.78 is 13.0. The third-order valence-electron chi connectivity index (χ3n) is 2.80. The summed E-state index contributed by atoms with van der Waals surface area (Å²) in [5.74, 6) is -0.467. The quantitative estimate of drug-likeness (QED) is 0.854. The highest BCUT2D eigenvalue weighted by atomic mass is 35.5. The SMILES string of the molecule is O=C1NCCCCC1Nc1ccc(F)c(Cl)c1. The second-order valence-corrected chi connectivity index (χ2v) is 4.52. The van der Waals surface area contributed by atoms with E-state index in [0.29, 0.717) is 5.69 Å². The number of benzene rings is 1. The van der Waals surface area contributed by atoms with Crippen molar-refractivity contribution >= 4 is 23.2 Å². The van der Waals surface area contributed by atoms with Crippen LogP contribution in [0.4, 0.5) is 10.1 Å². The molecule has 1 atom stereocenters. The van der Waals surface area contributed by atoms with E-state index in [2.05, 4.69) is 10.6 Å². The van der Waals surface area contributed by atoms with Crippen LogP contribution >= 0.6 is 11.6 Å². The Hall–Kier alpha value is -1.29. The summed E-state index contributed by atoms with van der Waals surface area (Å²) in [4.78, 5) is 11.7. The summed E-state index contributed by atoms with van der Waals surface area (Å²) in [5.41, 5.74) is 0.665. The van der Waals surface area contributed by atoms with Gasteiger partial charge in [0.25, 0.3) is 0 Å². The van der Waals surface area contributed by atoms with E-state index < -0.39 is 5.82 Å². The summed E-state index contributed by atoms with van der Waals surface area (Å²) >= 11 is 5.68. The van der Waals surface area contributed by atoms with E-state index >= 15 is 0 Å². The maximum Gasteiger partial charge on any atom is 0.242 e. The van der Waals surface area contributed by atoms with E-state index in [4.69, 9.17) is 11.6 Å². The minimum absolute atomic E-state index is 0.0112. The highest BCUT2D eigenvalue weighted by Gasteiger charge is 2.20. The molecule has 3 nitrogen and oxygen atoms in total. The molecule has 1 aromatic rings. The lowest BCUT2D eigenvalue weighted by Crippen LogP contribution is -2.37. The van der Waals surface area contributed by atoms with E-state index in [1.807, 2.05) is 0 Å². The fourth-order valence-corrected chi connectivity index (χ4v) is 2.04. The predicted octanol–water partition coefficient (Wildman–Crippen LogP) is 2.56. The van der Waals surface area contributed by atoms with Gasteiger partial charge in [0.1, 0.15) is 11.9 Å². The minimum atomic E-state index is -0.456. The molecule has 0 aromatic heterocycles. The third kappa shape index (κ3) is 3.09. The van der Waals surface area contributed by atoms with Gasteiger partial charge in [0.2, 0.25) is 5.91 Å². The fourth-order valence-electron chi connectivity index (χ4n) is 1.86. The molecule has 92 valence electrons. The average Bonchev–Trinajstić information content (AvgIpc) is 2.50. The molecule has 1 amide bonds. The zero-order valence-electron chi connectivity index (χ0n) is 9.30. The van der Waals surface area contributed by atoms with E-state index in [-0.39, 0.29) is 17.0 Å². The van der Waals surface area contributed by atoms with Crippen LogP contribution in [0, 0.1) is 5.82 Å². The molecule has 1 heterocycles. The third-order valence-corrected chi connectivity index (χ3v) is 3.09. The first-order valence-electron chi connectivity index (χ1n) is 5.66. The second kappa shape index (κ2) is 5.36. The van der Waals surface area contributed by atoms with Gasteiger partial charge in [-0.25, -0.2) is 4.39 Å². The van der Waals surface area contributed by atoms with Crippen LogP contribution in [0.15, 0.2) is 18.2 Å². The van der Waals surface area contributed by atoms with Crippen molar-refractivity contribution in [3.63, 3.8) is 0 Å². The largest absolute Gasteiger partial charge is 0.374 e. The molecule has 0 radical (unpaired) electrons. The normalized spacial score (nSPS) is 20.6. The van der Waals surface area contributed by atoms with Crippen molar-refractivity contribution < 1.29 is 9.18 Å². The van der Waals surface area contributed by atoms with Gasteiger partial charge in [-0.15, -0.1) is 0 Å². The summed E-state index contributed by atoms with van der Waals surface area (Å²) in [6, 6.07) is 4.10. The van der Waals surface area contributed by atoms with E-state index in [1.54, 1.807) is 6.07 Å². The maximum atomic E-state index is 13.0. The molecular weight excluding hydrogens is 243 g/mol. The highest BCUT2D eigenvalue weighted by Crippen LogP contribution is 2.21. The molecule has 0 bridgehead atoms. The molecule has 0 aliphatic carbocycles. The van der Waals surface area contributed by atoms with Crippen LogP contribution in [0.5, 0.6) is 0 Å². The molecule has 2 N–H and O–H groups in total. The molecular formula is C12H14ClFN2O. The zero-order valence-corrected chi connectivity index (χ0v) is 10.1. The maximum absolute atomic E-state index is 13.0. The van der Waals surface area contributed by atoms with Gasteiger partial charge in [0.15, 0.2) is 0 Å². The van der Waals surface area contributed by atoms with E-state index in [0.717, 1.165) is 25.8 Å². The summed E-state index contributed by atoms with van der Waals surface area (Å²) in [5, 5.41) is 5.97. The summed E-state index contributed by atoms with van der Waals surface area (Å²) in [6.07, 6.45) is 2.76. The van der Waals surface area contributed by atoms with Crippen molar-refractivity contribution in [3.05, 3.63) is 29.0 Å². The van der Waals surface area contributed by atoms with Gasteiger partial charge in [-0.05, 0) is 37.5 Å². The zero-order chi connectivity index (χ0) is 12.3. The van der Waals surface area contributed by atoms with E-state index in [1.165, 1.54) is 12.1 Å². The van der Waals surface area contributed by atoms with Gasteiger partial charge in [0, 0.05) is 12.2 Å². The highest BCUT2D eigenvalue weighted by molar-refractivity contribution is 6.31. The van der Waals surface area contributed by atoms with Gasteiger partial charge in [-0.1, -0.05) is 11.6 Å².